The van der Waals surface area contributed by atoms with Crippen LogP contribution in [0.3, 0.4) is 0 Å². The zero-order valence-electron chi connectivity index (χ0n) is 20.9. The molecule has 2 aliphatic heterocycles. The van der Waals surface area contributed by atoms with Crippen LogP contribution in [0.5, 0.6) is 0 Å². The molecule has 2 fully saturated rings. The fraction of sp³-hybridized carbons (Fsp3) is 0.308. The van der Waals surface area contributed by atoms with Crippen molar-refractivity contribution in [1.82, 2.24) is 20.9 Å². The van der Waals surface area contributed by atoms with E-state index in [-0.39, 0.29) is 12.4 Å². The SMILES string of the molecule is CC1(C)S[C@@H]2C(NC(=O)C(NC(=O)CNC(=N)c3cc(Br)cc(C#N)c3)c3ccccc3)C(=O)N2[C@H]1C(=O)O. The Morgan fingerprint density at radius 3 is 2.56 bits per heavy atom. The van der Waals surface area contributed by atoms with Crippen molar-refractivity contribution >= 4 is 57.2 Å². The second kappa shape index (κ2) is 11.1. The van der Waals surface area contributed by atoms with Gasteiger partial charge in [0.05, 0.1) is 18.2 Å². The summed E-state index contributed by atoms with van der Waals surface area (Å²) in [5.74, 6) is -2.88. The van der Waals surface area contributed by atoms with E-state index in [4.69, 9.17) is 10.7 Å². The number of benzene rings is 2. The lowest BCUT2D eigenvalue weighted by Gasteiger charge is -2.44. The first-order valence-electron chi connectivity index (χ1n) is 11.8. The molecule has 5 N–H and O–H groups in total. The van der Waals surface area contributed by atoms with Crippen LogP contribution in [0, 0.1) is 16.7 Å². The smallest absolute Gasteiger partial charge is 0.327 e. The molecular weight excluding hydrogens is 588 g/mol. The number of carboxylic acids is 1. The monoisotopic (exact) mass is 612 g/mol. The predicted molar refractivity (Wildman–Crippen MR) is 147 cm³/mol. The number of amides is 3. The molecule has 202 valence electrons. The number of nitrogens with zero attached hydrogens (tertiary/aromatic N) is 2. The van der Waals surface area contributed by atoms with Crippen LogP contribution in [0.15, 0.2) is 53.0 Å². The fourth-order valence-electron chi connectivity index (χ4n) is 4.61. The quantitative estimate of drug-likeness (QED) is 0.170. The number of aliphatic carboxylic acids is 1. The molecular formula is C26H25BrN6O5S. The van der Waals surface area contributed by atoms with Crippen LogP contribution >= 0.6 is 27.7 Å². The van der Waals surface area contributed by atoms with Crippen molar-refractivity contribution < 1.29 is 24.3 Å². The number of amidine groups is 1. The van der Waals surface area contributed by atoms with E-state index in [1.807, 2.05) is 6.07 Å². The number of hydrogen-bond acceptors (Lipinski definition) is 7. The third-order valence-corrected chi connectivity index (χ3v) is 8.44. The molecule has 2 saturated heterocycles. The number of β-lactam (4-membered cyclic amide) rings is 1. The second-order valence-electron chi connectivity index (χ2n) is 9.56. The minimum atomic E-state index is -1.14. The average molecular weight is 613 g/mol. The van der Waals surface area contributed by atoms with E-state index in [2.05, 4.69) is 31.9 Å². The summed E-state index contributed by atoms with van der Waals surface area (Å²) in [5.41, 5.74) is 1.23. The van der Waals surface area contributed by atoms with Gasteiger partial charge in [-0.05, 0) is 37.6 Å². The van der Waals surface area contributed by atoms with Crippen LogP contribution in [-0.4, -0.2) is 68.3 Å². The number of fused-ring (bicyclic) bond motifs is 1. The summed E-state index contributed by atoms with van der Waals surface area (Å²) in [5, 5.41) is 34.5. The van der Waals surface area contributed by atoms with Gasteiger partial charge >= 0.3 is 5.97 Å². The van der Waals surface area contributed by atoms with Gasteiger partial charge < -0.3 is 26.0 Å². The van der Waals surface area contributed by atoms with Gasteiger partial charge in [0.2, 0.25) is 17.7 Å². The lowest BCUT2D eigenvalue weighted by Crippen LogP contribution is -2.71. The predicted octanol–water partition coefficient (Wildman–Crippen LogP) is 1.72. The van der Waals surface area contributed by atoms with Gasteiger partial charge in [-0.2, -0.15) is 5.26 Å². The standard InChI is InChI=1S/C26H25BrN6O5S/c1-26(2)20(25(37)38)33-23(36)19(24(33)39-26)32-22(35)18(14-6-4-3-5-7-14)31-17(34)12-30-21(29)15-8-13(11-28)9-16(27)10-15/h3-10,18-20,24H,12H2,1-2H3,(H2,29,30)(H,31,34)(H,32,35)(H,37,38)/t18?,19?,20-,24+/m0/s1. The molecule has 2 aromatic rings. The Labute approximate surface area is 237 Å². The Morgan fingerprint density at radius 1 is 1.23 bits per heavy atom. The van der Waals surface area contributed by atoms with Gasteiger partial charge in [0.25, 0.3) is 0 Å². The van der Waals surface area contributed by atoms with Crippen LogP contribution in [0.25, 0.3) is 0 Å². The zero-order valence-corrected chi connectivity index (χ0v) is 23.3. The van der Waals surface area contributed by atoms with E-state index in [0.717, 1.165) is 0 Å². The fourth-order valence-corrected chi connectivity index (χ4v) is 6.73. The lowest BCUT2D eigenvalue weighted by atomic mass is 9.95. The van der Waals surface area contributed by atoms with Crippen molar-refractivity contribution in [3.63, 3.8) is 0 Å². The van der Waals surface area contributed by atoms with E-state index in [9.17, 15) is 24.3 Å². The highest BCUT2D eigenvalue weighted by Gasteiger charge is 2.64. The number of thioether (sulfide) groups is 1. The molecule has 2 unspecified atom stereocenters. The van der Waals surface area contributed by atoms with Gasteiger partial charge in [0, 0.05) is 14.8 Å². The molecule has 0 aliphatic carbocycles. The molecule has 2 aromatic carbocycles. The molecule has 39 heavy (non-hydrogen) atoms. The number of carbonyl (C=O) groups excluding carboxylic acids is 3. The Balaban J connectivity index is 1.43. The third-order valence-electron chi connectivity index (χ3n) is 6.41. The number of carbonyl (C=O) groups is 4. The van der Waals surface area contributed by atoms with E-state index < -0.39 is 51.9 Å². The minimum Gasteiger partial charge on any atom is -0.480 e. The maximum atomic E-state index is 13.3. The van der Waals surface area contributed by atoms with Crippen LogP contribution in [-0.2, 0) is 19.2 Å². The van der Waals surface area contributed by atoms with Crippen molar-refractivity contribution in [2.45, 2.75) is 42.1 Å². The van der Waals surface area contributed by atoms with E-state index >= 15 is 0 Å². The van der Waals surface area contributed by atoms with E-state index in [1.165, 1.54) is 22.7 Å². The van der Waals surface area contributed by atoms with Crippen molar-refractivity contribution in [2.75, 3.05) is 6.54 Å². The first-order chi connectivity index (χ1) is 18.4. The van der Waals surface area contributed by atoms with Crippen LogP contribution < -0.4 is 16.0 Å². The maximum Gasteiger partial charge on any atom is 0.327 e. The molecule has 0 radical (unpaired) electrons. The summed E-state index contributed by atoms with van der Waals surface area (Å²) >= 11 is 4.59. The van der Waals surface area contributed by atoms with Crippen molar-refractivity contribution in [1.29, 1.82) is 10.7 Å². The number of nitriles is 1. The molecule has 0 bridgehead atoms. The highest BCUT2D eigenvalue weighted by molar-refractivity contribution is 9.10. The summed E-state index contributed by atoms with van der Waals surface area (Å²) in [7, 11) is 0. The summed E-state index contributed by atoms with van der Waals surface area (Å²) < 4.78 is -0.132. The largest absolute Gasteiger partial charge is 0.480 e. The lowest BCUT2D eigenvalue weighted by molar-refractivity contribution is -0.161. The van der Waals surface area contributed by atoms with E-state index in [0.29, 0.717) is 21.2 Å². The van der Waals surface area contributed by atoms with Gasteiger partial charge in [-0.1, -0.05) is 46.3 Å². The van der Waals surface area contributed by atoms with Crippen molar-refractivity contribution in [3.05, 3.63) is 69.7 Å². The van der Waals surface area contributed by atoms with Gasteiger partial charge in [0.15, 0.2) is 0 Å². The average Bonchev–Trinajstić information content (AvgIpc) is 3.16. The number of nitrogens with one attached hydrogen (secondary N) is 4. The molecule has 2 heterocycles. The third kappa shape index (κ3) is 5.76. The molecule has 13 heteroatoms. The maximum absolute atomic E-state index is 13.3. The highest BCUT2D eigenvalue weighted by atomic mass is 79.9. The van der Waals surface area contributed by atoms with Crippen molar-refractivity contribution in [2.24, 2.45) is 0 Å². The van der Waals surface area contributed by atoms with Crippen LogP contribution in [0.4, 0.5) is 0 Å². The Bertz CT molecular complexity index is 1390. The molecule has 11 nitrogen and oxygen atoms in total. The van der Waals surface area contributed by atoms with Crippen molar-refractivity contribution in [3.8, 4) is 6.07 Å². The number of hydrogen-bond donors (Lipinski definition) is 5. The normalized spacial score (nSPS) is 21.5. The molecule has 0 saturated carbocycles. The topological polar surface area (TPSA) is 175 Å². The van der Waals surface area contributed by atoms with Crippen LogP contribution in [0.2, 0.25) is 0 Å². The Hall–Kier alpha value is -3.89. The summed E-state index contributed by atoms with van der Waals surface area (Å²) in [6, 6.07) is 12.2. The molecule has 3 amide bonds. The first kappa shape index (κ1) is 28.1. The summed E-state index contributed by atoms with van der Waals surface area (Å²) in [6.07, 6.45) is 0. The van der Waals surface area contributed by atoms with Gasteiger partial charge in [-0.25, -0.2) is 4.79 Å². The van der Waals surface area contributed by atoms with Crippen LogP contribution in [0.1, 0.15) is 36.6 Å². The molecule has 0 aromatic heterocycles. The summed E-state index contributed by atoms with van der Waals surface area (Å²) in [6.45, 7) is 3.16. The molecule has 2 aliphatic rings. The first-order valence-corrected chi connectivity index (χ1v) is 13.5. The Morgan fingerprint density at radius 2 is 1.92 bits per heavy atom. The second-order valence-corrected chi connectivity index (χ2v) is 12.3. The Kier molecular flexibility index (Phi) is 7.99. The molecule has 4 rings (SSSR count). The zero-order chi connectivity index (χ0) is 28.5. The molecule has 0 spiro atoms. The number of halogens is 1. The van der Waals surface area contributed by atoms with E-state index in [1.54, 1.807) is 56.3 Å². The number of carboxylic acid groups (broad SMARTS) is 1. The highest BCUT2D eigenvalue weighted by Crippen LogP contribution is 2.50. The molecule has 4 atom stereocenters. The number of rotatable bonds is 8. The van der Waals surface area contributed by atoms with Gasteiger partial charge in [-0.15, -0.1) is 11.8 Å². The van der Waals surface area contributed by atoms with Gasteiger partial charge in [-0.3, -0.25) is 19.8 Å². The minimum absolute atomic E-state index is 0.0855. The summed E-state index contributed by atoms with van der Waals surface area (Å²) in [4.78, 5) is 52.0. The van der Waals surface area contributed by atoms with Gasteiger partial charge in [0.1, 0.15) is 29.3 Å².